The molecule has 4 aromatic rings. The Labute approximate surface area is 194 Å². The Hall–Kier alpha value is -4.23. The normalized spacial score (nSPS) is 10.5. The number of amides is 2. The molecule has 0 radical (unpaired) electrons. The summed E-state index contributed by atoms with van der Waals surface area (Å²) in [5, 5.41) is 10.3. The molecular weight excluding hydrogens is 440 g/mol. The SMILES string of the molecule is O=C(Cn1nc(-c2ccccc2)ccc1=O)Nc1ccccc1C(=O)Nc1ccc(Cl)cc1. The van der Waals surface area contributed by atoms with Crippen molar-refractivity contribution in [2.45, 2.75) is 6.54 Å². The Morgan fingerprint density at radius 2 is 1.52 bits per heavy atom. The standard InChI is InChI=1S/C25H19ClN4O3/c26-18-10-12-19(13-11-18)27-25(33)20-8-4-5-9-22(20)28-23(31)16-30-24(32)15-14-21(29-30)17-6-2-1-3-7-17/h1-15H,16H2,(H,27,33)(H,28,31). The highest BCUT2D eigenvalue weighted by Gasteiger charge is 2.15. The second kappa shape index (κ2) is 9.93. The van der Waals surface area contributed by atoms with Gasteiger partial charge in [0.2, 0.25) is 5.91 Å². The average Bonchev–Trinajstić information content (AvgIpc) is 2.83. The molecule has 0 saturated carbocycles. The number of carbonyl (C=O) groups is 2. The van der Waals surface area contributed by atoms with E-state index >= 15 is 0 Å². The maximum atomic E-state index is 12.8. The molecule has 1 heterocycles. The maximum absolute atomic E-state index is 12.8. The number of anilines is 2. The van der Waals surface area contributed by atoms with E-state index in [0.717, 1.165) is 10.2 Å². The lowest BCUT2D eigenvalue weighted by molar-refractivity contribution is -0.117. The molecule has 0 fully saturated rings. The fraction of sp³-hybridized carbons (Fsp3) is 0.0400. The van der Waals surface area contributed by atoms with E-state index in [4.69, 9.17) is 11.6 Å². The van der Waals surface area contributed by atoms with E-state index < -0.39 is 17.4 Å². The molecule has 0 aliphatic heterocycles. The second-order valence-corrected chi connectivity index (χ2v) is 7.57. The number of hydrogen-bond donors (Lipinski definition) is 2. The molecule has 164 valence electrons. The molecule has 1 aromatic heterocycles. The van der Waals surface area contributed by atoms with Crippen molar-refractivity contribution in [2.24, 2.45) is 0 Å². The molecule has 0 atom stereocenters. The number of hydrogen-bond acceptors (Lipinski definition) is 4. The zero-order valence-corrected chi connectivity index (χ0v) is 18.1. The molecule has 0 bridgehead atoms. The second-order valence-electron chi connectivity index (χ2n) is 7.14. The molecule has 0 aliphatic carbocycles. The molecule has 3 aromatic carbocycles. The monoisotopic (exact) mass is 458 g/mol. The van der Waals surface area contributed by atoms with Crippen molar-refractivity contribution in [3.63, 3.8) is 0 Å². The molecule has 8 heteroatoms. The van der Waals surface area contributed by atoms with E-state index in [-0.39, 0.29) is 12.1 Å². The largest absolute Gasteiger partial charge is 0.324 e. The highest BCUT2D eigenvalue weighted by molar-refractivity contribution is 6.30. The molecule has 0 saturated heterocycles. The van der Waals surface area contributed by atoms with Gasteiger partial charge in [-0.2, -0.15) is 5.10 Å². The molecular formula is C25H19ClN4O3. The summed E-state index contributed by atoms with van der Waals surface area (Å²) in [5.74, 6) is -0.879. The molecule has 0 unspecified atom stereocenters. The van der Waals surface area contributed by atoms with E-state index in [9.17, 15) is 14.4 Å². The summed E-state index contributed by atoms with van der Waals surface area (Å²) >= 11 is 5.88. The molecule has 7 nitrogen and oxygen atoms in total. The van der Waals surface area contributed by atoms with Crippen molar-refractivity contribution in [1.82, 2.24) is 9.78 Å². The number of aromatic nitrogens is 2. The smallest absolute Gasteiger partial charge is 0.267 e. The van der Waals surface area contributed by atoms with Crippen molar-refractivity contribution in [1.29, 1.82) is 0 Å². The Kier molecular flexibility index (Phi) is 6.61. The van der Waals surface area contributed by atoms with Crippen LogP contribution in [0.15, 0.2) is 95.8 Å². The minimum atomic E-state index is -0.485. The lowest BCUT2D eigenvalue weighted by atomic mass is 10.1. The Morgan fingerprint density at radius 1 is 0.818 bits per heavy atom. The molecule has 0 aliphatic rings. The predicted molar refractivity (Wildman–Crippen MR) is 128 cm³/mol. The third kappa shape index (κ3) is 5.53. The Bertz CT molecular complexity index is 1350. The number of nitrogens with zero attached hydrogens (tertiary/aromatic N) is 2. The minimum absolute atomic E-state index is 0.277. The van der Waals surface area contributed by atoms with Crippen LogP contribution in [0.25, 0.3) is 11.3 Å². The number of halogens is 1. The van der Waals surface area contributed by atoms with E-state index in [2.05, 4.69) is 15.7 Å². The predicted octanol–water partition coefficient (Wildman–Crippen LogP) is 4.45. The van der Waals surface area contributed by atoms with E-state index in [1.807, 2.05) is 30.3 Å². The maximum Gasteiger partial charge on any atom is 0.267 e. The number of carbonyl (C=O) groups excluding carboxylic acids is 2. The average molecular weight is 459 g/mol. The van der Waals surface area contributed by atoms with Gasteiger partial charge in [-0.05, 0) is 42.5 Å². The summed E-state index contributed by atoms with van der Waals surface area (Å²) in [5.41, 5.74) is 2.17. The zero-order chi connectivity index (χ0) is 23.2. The Morgan fingerprint density at radius 3 is 2.27 bits per heavy atom. The first-order valence-electron chi connectivity index (χ1n) is 10.1. The number of rotatable bonds is 6. The Balaban J connectivity index is 1.50. The van der Waals surface area contributed by atoms with Crippen molar-refractivity contribution in [3.8, 4) is 11.3 Å². The van der Waals surface area contributed by atoms with Gasteiger partial charge < -0.3 is 10.6 Å². The van der Waals surface area contributed by atoms with Gasteiger partial charge in [0.25, 0.3) is 11.5 Å². The highest BCUT2D eigenvalue weighted by Crippen LogP contribution is 2.19. The third-order valence-electron chi connectivity index (χ3n) is 4.78. The summed E-state index contributed by atoms with van der Waals surface area (Å²) in [7, 11) is 0. The molecule has 33 heavy (non-hydrogen) atoms. The third-order valence-corrected chi connectivity index (χ3v) is 5.03. The lowest BCUT2D eigenvalue weighted by Crippen LogP contribution is -2.29. The van der Waals surface area contributed by atoms with Crippen LogP contribution in [0.1, 0.15) is 10.4 Å². The van der Waals surface area contributed by atoms with Crippen molar-refractivity contribution in [3.05, 3.63) is 112 Å². The van der Waals surface area contributed by atoms with Gasteiger partial charge in [0.1, 0.15) is 6.54 Å². The van der Waals surface area contributed by atoms with Crippen molar-refractivity contribution in [2.75, 3.05) is 10.6 Å². The van der Waals surface area contributed by atoms with Gasteiger partial charge in [0.05, 0.1) is 16.9 Å². The first-order valence-corrected chi connectivity index (χ1v) is 10.5. The van der Waals surface area contributed by atoms with E-state index in [0.29, 0.717) is 22.1 Å². The fourth-order valence-electron chi connectivity index (χ4n) is 3.17. The summed E-state index contributed by atoms with van der Waals surface area (Å²) in [6, 6.07) is 25.6. The van der Waals surface area contributed by atoms with E-state index in [1.54, 1.807) is 54.6 Å². The van der Waals surface area contributed by atoms with Gasteiger partial charge in [0, 0.05) is 22.3 Å². The van der Waals surface area contributed by atoms with Crippen molar-refractivity contribution >= 4 is 34.8 Å². The van der Waals surface area contributed by atoms with Crippen LogP contribution in [0.2, 0.25) is 5.02 Å². The number of benzene rings is 3. The first-order chi connectivity index (χ1) is 16.0. The van der Waals surface area contributed by atoms with Crippen LogP contribution in [-0.2, 0) is 11.3 Å². The van der Waals surface area contributed by atoms with Crippen LogP contribution >= 0.6 is 11.6 Å². The van der Waals surface area contributed by atoms with E-state index in [1.165, 1.54) is 6.07 Å². The number of para-hydroxylation sites is 1. The number of nitrogens with one attached hydrogen (secondary N) is 2. The quantitative estimate of drug-likeness (QED) is 0.446. The zero-order valence-electron chi connectivity index (χ0n) is 17.4. The lowest BCUT2D eigenvalue weighted by Gasteiger charge is -2.12. The van der Waals surface area contributed by atoms with Crippen LogP contribution in [0.5, 0.6) is 0 Å². The van der Waals surface area contributed by atoms with Crippen LogP contribution in [0.3, 0.4) is 0 Å². The van der Waals surface area contributed by atoms with Crippen LogP contribution in [-0.4, -0.2) is 21.6 Å². The van der Waals surface area contributed by atoms with Crippen molar-refractivity contribution < 1.29 is 9.59 Å². The van der Waals surface area contributed by atoms with Crippen LogP contribution < -0.4 is 16.2 Å². The van der Waals surface area contributed by atoms with Gasteiger partial charge in [0.15, 0.2) is 0 Å². The fourth-order valence-corrected chi connectivity index (χ4v) is 3.30. The molecule has 4 rings (SSSR count). The molecule has 2 amide bonds. The van der Waals surface area contributed by atoms with Gasteiger partial charge >= 0.3 is 0 Å². The van der Waals surface area contributed by atoms with Gasteiger partial charge in [-0.3, -0.25) is 14.4 Å². The topological polar surface area (TPSA) is 93.1 Å². The first kappa shape index (κ1) is 22.0. The van der Waals surface area contributed by atoms with Crippen LogP contribution in [0, 0.1) is 0 Å². The highest BCUT2D eigenvalue weighted by atomic mass is 35.5. The minimum Gasteiger partial charge on any atom is -0.324 e. The van der Waals surface area contributed by atoms with Gasteiger partial charge in [-0.15, -0.1) is 0 Å². The van der Waals surface area contributed by atoms with Gasteiger partial charge in [-0.1, -0.05) is 54.1 Å². The molecule has 0 spiro atoms. The summed E-state index contributed by atoms with van der Waals surface area (Å²) in [6.07, 6.45) is 0. The van der Waals surface area contributed by atoms with Crippen LogP contribution in [0.4, 0.5) is 11.4 Å². The summed E-state index contributed by atoms with van der Waals surface area (Å²) in [6.45, 7) is -0.299. The molecule has 2 N–H and O–H groups in total. The summed E-state index contributed by atoms with van der Waals surface area (Å²) < 4.78 is 1.09. The van der Waals surface area contributed by atoms with Gasteiger partial charge in [-0.25, -0.2) is 4.68 Å². The summed E-state index contributed by atoms with van der Waals surface area (Å²) in [4.78, 5) is 37.7.